The van der Waals surface area contributed by atoms with E-state index >= 15 is 0 Å². The van der Waals surface area contributed by atoms with Crippen LogP contribution in [0.1, 0.15) is 47.0 Å². The topological polar surface area (TPSA) is 70.7 Å². The Bertz CT molecular complexity index is 387. The van der Waals surface area contributed by atoms with Gasteiger partial charge in [-0.3, -0.25) is 0 Å². The molecule has 1 heterocycles. The molecule has 0 saturated carbocycles. The Morgan fingerprint density at radius 2 is 2.00 bits per heavy atom. The van der Waals surface area contributed by atoms with Gasteiger partial charge in [0.1, 0.15) is 0 Å². The summed E-state index contributed by atoms with van der Waals surface area (Å²) in [6, 6.07) is 0.406. The molecule has 0 aromatic heterocycles. The third kappa shape index (κ3) is 6.61. The van der Waals surface area contributed by atoms with Gasteiger partial charge in [-0.15, -0.1) is 0 Å². The molecule has 21 heavy (non-hydrogen) atoms. The summed E-state index contributed by atoms with van der Waals surface area (Å²) in [6.45, 7) is 10.1. The van der Waals surface area contributed by atoms with Crippen LogP contribution < -0.4 is 10.0 Å². The molecule has 0 spiro atoms. The Labute approximate surface area is 129 Å². The van der Waals surface area contributed by atoms with Gasteiger partial charge in [0.2, 0.25) is 0 Å². The van der Waals surface area contributed by atoms with Crippen LogP contribution in [0.4, 0.5) is 0 Å². The largest absolute Gasteiger partial charge is 0.377 e. The Kier molecular flexibility index (Phi) is 8.12. The average molecular weight is 321 g/mol. The van der Waals surface area contributed by atoms with E-state index in [0.717, 1.165) is 19.3 Å². The fourth-order valence-electron chi connectivity index (χ4n) is 2.52. The first kappa shape index (κ1) is 18.8. The summed E-state index contributed by atoms with van der Waals surface area (Å²) in [4.78, 5) is 0. The van der Waals surface area contributed by atoms with Crippen molar-refractivity contribution < 1.29 is 13.2 Å². The highest BCUT2D eigenvalue weighted by atomic mass is 32.2. The van der Waals surface area contributed by atoms with Crippen molar-refractivity contribution in [1.82, 2.24) is 14.3 Å². The van der Waals surface area contributed by atoms with Gasteiger partial charge in [-0.2, -0.15) is 17.4 Å². The van der Waals surface area contributed by atoms with Crippen molar-refractivity contribution in [3.05, 3.63) is 0 Å². The third-order valence-electron chi connectivity index (χ3n) is 3.65. The smallest absolute Gasteiger partial charge is 0.279 e. The standard InChI is InChI=1S/C14H31N3O3S/c1-5-20-13(4)10-16-21(18,19)17-9-7-6-8-14(17)11-15-12(2)3/h12-16H,5-11H2,1-4H3. The molecule has 1 aliphatic rings. The maximum atomic E-state index is 12.5. The molecule has 126 valence electrons. The Hall–Kier alpha value is -0.210. The second-order valence-electron chi connectivity index (χ2n) is 5.94. The van der Waals surface area contributed by atoms with Crippen molar-refractivity contribution >= 4 is 10.2 Å². The molecule has 2 N–H and O–H groups in total. The Morgan fingerprint density at radius 1 is 1.29 bits per heavy atom. The van der Waals surface area contributed by atoms with E-state index in [9.17, 15) is 8.42 Å². The molecular weight excluding hydrogens is 290 g/mol. The van der Waals surface area contributed by atoms with Gasteiger partial charge >= 0.3 is 0 Å². The second-order valence-corrected chi connectivity index (χ2v) is 7.65. The summed E-state index contributed by atoms with van der Waals surface area (Å²) < 4.78 is 34.6. The van der Waals surface area contributed by atoms with Gasteiger partial charge in [-0.1, -0.05) is 20.3 Å². The molecule has 7 heteroatoms. The Balaban J connectivity index is 2.59. The maximum absolute atomic E-state index is 12.5. The minimum atomic E-state index is -3.43. The SMILES string of the molecule is CCOC(C)CNS(=O)(=O)N1CCCCC1CNC(C)C. The summed E-state index contributed by atoms with van der Waals surface area (Å²) in [7, 11) is -3.43. The first-order chi connectivity index (χ1) is 9.86. The van der Waals surface area contributed by atoms with E-state index < -0.39 is 10.2 Å². The lowest BCUT2D eigenvalue weighted by Gasteiger charge is -2.35. The van der Waals surface area contributed by atoms with E-state index in [2.05, 4.69) is 23.9 Å². The lowest BCUT2D eigenvalue weighted by Crippen LogP contribution is -2.53. The van der Waals surface area contributed by atoms with Gasteiger partial charge in [0.25, 0.3) is 10.2 Å². The van der Waals surface area contributed by atoms with Crippen LogP contribution in [0.5, 0.6) is 0 Å². The van der Waals surface area contributed by atoms with Gasteiger partial charge in [0.15, 0.2) is 0 Å². The number of piperidine rings is 1. The Morgan fingerprint density at radius 3 is 2.62 bits per heavy atom. The lowest BCUT2D eigenvalue weighted by molar-refractivity contribution is 0.0794. The molecule has 1 saturated heterocycles. The van der Waals surface area contributed by atoms with E-state index in [1.54, 1.807) is 4.31 Å². The highest BCUT2D eigenvalue weighted by molar-refractivity contribution is 7.87. The lowest BCUT2D eigenvalue weighted by atomic mass is 10.0. The maximum Gasteiger partial charge on any atom is 0.279 e. The van der Waals surface area contributed by atoms with Gasteiger partial charge in [0.05, 0.1) is 6.10 Å². The van der Waals surface area contributed by atoms with E-state index in [1.165, 1.54) is 0 Å². The van der Waals surface area contributed by atoms with Crippen LogP contribution in [0, 0.1) is 0 Å². The van der Waals surface area contributed by atoms with E-state index in [-0.39, 0.29) is 12.1 Å². The van der Waals surface area contributed by atoms with Crippen LogP contribution in [0.3, 0.4) is 0 Å². The van der Waals surface area contributed by atoms with Crippen molar-refractivity contribution in [2.45, 2.75) is 65.1 Å². The van der Waals surface area contributed by atoms with Gasteiger partial charge < -0.3 is 10.1 Å². The van der Waals surface area contributed by atoms with Crippen LogP contribution in [-0.4, -0.2) is 57.2 Å². The normalized spacial score (nSPS) is 22.6. The van der Waals surface area contributed by atoms with Crippen LogP contribution in [0.25, 0.3) is 0 Å². The van der Waals surface area contributed by atoms with E-state index in [1.807, 2.05) is 13.8 Å². The van der Waals surface area contributed by atoms with Crippen molar-refractivity contribution in [2.75, 3.05) is 26.2 Å². The predicted octanol–water partition coefficient (Wildman–Crippen LogP) is 1.10. The number of nitrogens with one attached hydrogen (secondary N) is 2. The zero-order valence-electron chi connectivity index (χ0n) is 13.8. The van der Waals surface area contributed by atoms with Crippen molar-refractivity contribution in [2.24, 2.45) is 0 Å². The van der Waals surface area contributed by atoms with Crippen LogP contribution in [0.15, 0.2) is 0 Å². The number of hydrogen-bond donors (Lipinski definition) is 2. The molecule has 0 aromatic carbocycles. The zero-order valence-corrected chi connectivity index (χ0v) is 14.6. The highest BCUT2D eigenvalue weighted by Crippen LogP contribution is 2.19. The molecule has 2 atom stereocenters. The third-order valence-corrected chi connectivity index (χ3v) is 5.28. The molecule has 0 radical (unpaired) electrons. The van der Waals surface area contributed by atoms with Gasteiger partial charge in [-0.05, 0) is 26.7 Å². The van der Waals surface area contributed by atoms with Gasteiger partial charge in [-0.25, -0.2) is 0 Å². The molecule has 0 aliphatic carbocycles. The minimum Gasteiger partial charge on any atom is -0.377 e. The van der Waals surface area contributed by atoms with Crippen LogP contribution in [0.2, 0.25) is 0 Å². The van der Waals surface area contributed by atoms with Crippen molar-refractivity contribution in [3.63, 3.8) is 0 Å². The minimum absolute atomic E-state index is 0.0426. The number of rotatable bonds is 9. The summed E-state index contributed by atoms with van der Waals surface area (Å²) in [5.41, 5.74) is 0. The summed E-state index contributed by atoms with van der Waals surface area (Å²) in [5.74, 6) is 0. The summed E-state index contributed by atoms with van der Waals surface area (Å²) in [5, 5.41) is 3.34. The summed E-state index contributed by atoms with van der Waals surface area (Å²) >= 11 is 0. The fraction of sp³-hybridized carbons (Fsp3) is 1.00. The molecular formula is C14H31N3O3S. The number of nitrogens with zero attached hydrogens (tertiary/aromatic N) is 1. The molecule has 1 aliphatic heterocycles. The molecule has 1 fully saturated rings. The first-order valence-corrected chi connectivity index (χ1v) is 9.42. The van der Waals surface area contributed by atoms with Crippen LogP contribution >= 0.6 is 0 Å². The number of ether oxygens (including phenoxy) is 1. The molecule has 0 aromatic rings. The molecule has 6 nitrogen and oxygen atoms in total. The predicted molar refractivity (Wildman–Crippen MR) is 85.5 cm³/mol. The zero-order chi connectivity index (χ0) is 15.9. The molecule has 1 rings (SSSR count). The quantitative estimate of drug-likeness (QED) is 0.667. The van der Waals surface area contributed by atoms with Crippen molar-refractivity contribution in [1.29, 1.82) is 0 Å². The summed E-state index contributed by atoms with van der Waals surface area (Å²) in [6.07, 6.45) is 2.83. The van der Waals surface area contributed by atoms with E-state index in [4.69, 9.17) is 4.74 Å². The molecule has 0 amide bonds. The molecule has 2 unspecified atom stereocenters. The fourth-order valence-corrected chi connectivity index (χ4v) is 4.07. The second kappa shape index (κ2) is 9.05. The molecule has 0 bridgehead atoms. The average Bonchev–Trinajstić information content (AvgIpc) is 2.44. The van der Waals surface area contributed by atoms with Crippen LogP contribution in [-0.2, 0) is 14.9 Å². The van der Waals surface area contributed by atoms with Crippen molar-refractivity contribution in [3.8, 4) is 0 Å². The monoisotopic (exact) mass is 321 g/mol. The van der Waals surface area contributed by atoms with E-state index in [0.29, 0.717) is 32.3 Å². The van der Waals surface area contributed by atoms with Gasteiger partial charge in [0, 0.05) is 38.3 Å². The first-order valence-electron chi connectivity index (χ1n) is 7.98. The highest BCUT2D eigenvalue weighted by Gasteiger charge is 2.32. The number of hydrogen-bond acceptors (Lipinski definition) is 4.